The van der Waals surface area contributed by atoms with Crippen molar-refractivity contribution < 1.29 is 14.3 Å². The molecule has 34 heavy (non-hydrogen) atoms. The minimum absolute atomic E-state index is 0.145. The molecule has 0 aliphatic heterocycles. The highest BCUT2D eigenvalue weighted by molar-refractivity contribution is 9.10. The van der Waals surface area contributed by atoms with Crippen LogP contribution in [0.4, 0.5) is 5.69 Å². The van der Waals surface area contributed by atoms with E-state index in [-0.39, 0.29) is 11.7 Å². The van der Waals surface area contributed by atoms with Gasteiger partial charge >= 0.3 is 0 Å². The Morgan fingerprint density at radius 1 is 1.24 bits per heavy atom. The molecule has 3 rings (SSSR count). The van der Waals surface area contributed by atoms with Gasteiger partial charge in [0.2, 0.25) is 5.91 Å². The molecule has 0 aliphatic carbocycles. The second-order valence-corrected chi connectivity index (χ2v) is 9.32. The van der Waals surface area contributed by atoms with Crippen LogP contribution in [0.3, 0.4) is 0 Å². The van der Waals surface area contributed by atoms with Crippen LogP contribution in [0.1, 0.15) is 19.2 Å². The number of allylic oxidation sites excluding steroid dienone is 1. The second-order valence-electron chi connectivity index (χ2n) is 7.09. The van der Waals surface area contributed by atoms with E-state index in [2.05, 4.69) is 38.0 Å². The number of hydrogen-bond acceptors (Lipinski definition) is 6. The molecule has 2 aromatic carbocycles. The molecule has 0 bridgehead atoms. The standard InChI is InChI=1S/C24H26BrClN4O3S/c1-3-13-30-22(10-7-14-33-20-12-11-17(26)15-18(20)25)28-29-24(30)34-16-23(31)27-19-8-5-6-9-21(19)32-4-2/h3,5-6,8-9,11-12,15H,1,4,7,10,13-14,16H2,2H3,(H,27,31). The summed E-state index contributed by atoms with van der Waals surface area (Å²) in [5.74, 6) is 2.26. The molecule has 0 unspecified atom stereocenters. The van der Waals surface area contributed by atoms with E-state index in [1.54, 1.807) is 18.2 Å². The molecule has 0 radical (unpaired) electrons. The van der Waals surface area contributed by atoms with Gasteiger partial charge in [0.25, 0.3) is 0 Å². The number of halogens is 2. The van der Waals surface area contributed by atoms with E-state index < -0.39 is 0 Å². The van der Waals surface area contributed by atoms with E-state index in [1.807, 2.05) is 41.8 Å². The predicted molar refractivity (Wildman–Crippen MR) is 140 cm³/mol. The van der Waals surface area contributed by atoms with Crippen LogP contribution in [-0.2, 0) is 17.8 Å². The molecule has 3 aromatic rings. The summed E-state index contributed by atoms with van der Waals surface area (Å²) in [7, 11) is 0. The zero-order chi connectivity index (χ0) is 24.3. The molecule has 10 heteroatoms. The maximum atomic E-state index is 12.5. The second kappa shape index (κ2) is 13.4. The number of aromatic nitrogens is 3. The first-order chi connectivity index (χ1) is 16.5. The van der Waals surface area contributed by atoms with Gasteiger partial charge in [0, 0.05) is 18.0 Å². The van der Waals surface area contributed by atoms with Crippen LogP contribution in [0.25, 0.3) is 0 Å². The minimum atomic E-state index is -0.145. The van der Waals surface area contributed by atoms with Gasteiger partial charge in [-0.25, -0.2) is 0 Å². The van der Waals surface area contributed by atoms with Crippen molar-refractivity contribution >= 4 is 50.9 Å². The van der Waals surface area contributed by atoms with E-state index in [1.165, 1.54) is 11.8 Å². The quantitative estimate of drug-likeness (QED) is 0.155. The number of aryl methyl sites for hydroxylation is 1. The fourth-order valence-electron chi connectivity index (χ4n) is 3.10. The summed E-state index contributed by atoms with van der Waals surface area (Å²) in [6.07, 6.45) is 3.22. The Hall–Kier alpha value is -2.49. The Bertz CT molecular complexity index is 1130. The van der Waals surface area contributed by atoms with Crippen LogP contribution < -0.4 is 14.8 Å². The van der Waals surface area contributed by atoms with E-state index in [9.17, 15) is 4.79 Å². The number of carbonyl (C=O) groups excluding carboxylic acids is 1. The molecule has 180 valence electrons. The highest BCUT2D eigenvalue weighted by Crippen LogP contribution is 2.28. The predicted octanol–water partition coefficient (Wildman–Crippen LogP) is 6.02. The molecule has 0 fully saturated rings. The third-order valence-corrected chi connectivity index (χ3v) is 6.42. The lowest BCUT2D eigenvalue weighted by Crippen LogP contribution is -2.15. The van der Waals surface area contributed by atoms with Crippen molar-refractivity contribution in [3.05, 3.63) is 70.4 Å². The van der Waals surface area contributed by atoms with Crippen LogP contribution in [0.2, 0.25) is 5.02 Å². The number of amides is 1. The maximum absolute atomic E-state index is 12.5. The van der Waals surface area contributed by atoms with Crippen LogP contribution in [-0.4, -0.2) is 39.6 Å². The number of anilines is 1. The zero-order valence-electron chi connectivity index (χ0n) is 18.8. The first kappa shape index (κ1) is 26.1. The fourth-order valence-corrected chi connectivity index (χ4v) is 4.66. The third-order valence-electron chi connectivity index (χ3n) is 4.59. The van der Waals surface area contributed by atoms with Crippen molar-refractivity contribution in [3.63, 3.8) is 0 Å². The molecule has 1 amide bonds. The van der Waals surface area contributed by atoms with Gasteiger partial charge in [-0.1, -0.05) is 41.6 Å². The average Bonchev–Trinajstić information content (AvgIpc) is 3.19. The number of nitrogens with one attached hydrogen (secondary N) is 1. The van der Waals surface area contributed by atoms with Crippen molar-refractivity contribution in [1.82, 2.24) is 14.8 Å². The number of nitrogens with zero attached hydrogens (tertiary/aromatic N) is 3. The van der Waals surface area contributed by atoms with Crippen LogP contribution in [0.5, 0.6) is 11.5 Å². The highest BCUT2D eigenvalue weighted by Gasteiger charge is 2.15. The van der Waals surface area contributed by atoms with Gasteiger partial charge in [0.05, 0.1) is 29.1 Å². The highest BCUT2D eigenvalue weighted by atomic mass is 79.9. The van der Waals surface area contributed by atoms with E-state index >= 15 is 0 Å². The molecule has 1 heterocycles. The average molecular weight is 566 g/mol. The van der Waals surface area contributed by atoms with Crippen LogP contribution >= 0.6 is 39.3 Å². The van der Waals surface area contributed by atoms with Crippen LogP contribution in [0.15, 0.2) is 64.7 Å². The molecule has 1 aromatic heterocycles. The van der Waals surface area contributed by atoms with Crippen molar-refractivity contribution in [2.45, 2.75) is 31.5 Å². The number of hydrogen-bond donors (Lipinski definition) is 1. The monoisotopic (exact) mass is 564 g/mol. The van der Waals surface area contributed by atoms with Crippen molar-refractivity contribution in [2.75, 3.05) is 24.3 Å². The number of benzene rings is 2. The molecular formula is C24H26BrClN4O3S. The number of para-hydroxylation sites is 2. The molecule has 0 saturated carbocycles. The Morgan fingerprint density at radius 2 is 2.06 bits per heavy atom. The molecule has 0 spiro atoms. The lowest BCUT2D eigenvalue weighted by Gasteiger charge is -2.11. The topological polar surface area (TPSA) is 78.3 Å². The van der Waals surface area contributed by atoms with Gasteiger partial charge in [-0.05, 0) is 59.6 Å². The number of ether oxygens (including phenoxy) is 2. The fraction of sp³-hybridized carbons (Fsp3) is 0.292. The maximum Gasteiger partial charge on any atom is 0.234 e. The first-order valence-electron chi connectivity index (χ1n) is 10.8. The minimum Gasteiger partial charge on any atom is -0.492 e. The molecule has 7 nitrogen and oxygen atoms in total. The lowest BCUT2D eigenvalue weighted by molar-refractivity contribution is -0.113. The number of thioether (sulfide) groups is 1. The third kappa shape index (κ3) is 7.51. The Morgan fingerprint density at radius 3 is 2.82 bits per heavy atom. The van der Waals surface area contributed by atoms with Gasteiger partial charge in [0.15, 0.2) is 5.16 Å². The molecular weight excluding hydrogens is 540 g/mol. The van der Waals surface area contributed by atoms with Crippen molar-refractivity contribution in [1.29, 1.82) is 0 Å². The van der Waals surface area contributed by atoms with Gasteiger partial charge < -0.3 is 19.4 Å². The van der Waals surface area contributed by atoms with Crippen LogP contribution in [0, 0.1) is 0 Å². The number of rotatable bonds is 13. The number of carbonyl (C=O) groups is 1. The summed E-state index contributed by atoms with van der Waals surface area (Å²) in [4.78, 5) is 12.5. The summed E-state index contributed by atoms with van der Waals surface area (Å²) >= 11 is 10.8. The largest absolute Gasteiger partial charge is 0.492 e. The summed E-state index contributed by atoms with van der Waals surface area (Å²) in [6.45, 7) is 7.34. The van der Waals surface area contributed by atoms with Crippen molar-refractivity contribution in [2.24, 2.45) is 0 Å². The Labute approximate surface area is 217 Å². The van der Waals surface area contributed by atoms with Gasteiger partial charge in [0.1, 0.15) is 17.3 Å². The molecule has 1 N–H and O–H groups in total. The Kier molecular flexibility index (Phi) is 10.3. The lowest BCUT2D eigenvalue weighted by atomic mass is 10.3. The van der Waals surface area contributed by atoms with Crippen molar-refractivity contribution in [3.8, 4) is 11.5 Å². The van der Waals surface area contributed by atoms with Gasteiger partial charge in [-0.2, -0.15) is 0 Å². The summed E-state index contributed by atoms with van der Waals surface area (Å²) < 4.78 is 14.2. The molecule has 0 atom stereocenters. The smallest absolute Gasteiger partial charge is 0.234 e. The summed E-state index contributed by atoms with van der Waals surface area (Å²) in [5.41, 5.74) is 0.649. The molecule has 0 aliphatic rings. The normalized spacial score (nSPS) is 10.7. The molecule has 0 saturated heterocycles. The summed E-state index contributed by atoms with van der Waals surface area (Å²) in [5, 5.41) is 12.8. The van der Waals surface area contributed by atoms with Gasteiger partial charge in [-0.3, -0.25) is 4.79 Å². The summed E-state index contributed by atoms with van der Waals surface area (Å²) in [6, 6.07) is 12.8. The van der Waals surface area contributed by atoms with E-state index in [4.69, 9.17) is 21.1 Å². The Balaban J connectivity index is 1.54. The van der Waals surface area contributed by atoms with Gasteiger partial charge in [-0.15, -0.1) is 16.8 Å². The van der Waals surface area contributed by atoms with E-state index in [0.717, 1.165) is 22.5 Å². The van der Waals surface area contributed by atoms with E-state index in [0.29, 0.717) is 47.8 Å². The zero-order valence-corrected chi connectivity index (χ0v) is 22.0. The SMILES string of the molecule is C=CCn1c(CCCOc2ccc(Cl)cc2Br)nnc1SCC(=O)Nc1ccccc1OCC. The first-order valence-corrected chi connectivity index (χ1v) is 12.9.